The van der Waals surface area contributed by atoms with Crippen molar-refractivity contribution in [1.29, 1.82) is 0 Å². The van der Waals surface area contributed by atoms with Crippen LogP contribution < -0.4 is 5.32 Å². The first kappa shape index (κ1) is 19.8. The summed E-state index contributed by atoms with van der Waals surface area (Å²) in [5.41, 5.74) is 3.47. The summed E-state index contributed by atoms with van der Waals surface area (Å²) < 4.78 is 1.79. The number of aryl methyl sites for hydroxylation is 2. The Balaban J connectivity index is 1.38. The predicted octanol–water partition coefficient (Wildman–Crippen LogP) is 2.81. The van der Waals surface area contributed by atoms with Crippen molar-refractivity contribution in [2.24, 2.45) is 0 Å². The zero-order valence-corrected chi connectivity index (χ0v) is 17.2. The molecule has 3 aromatic rings. The molecule has 2 aromatic heterocycles. The summed E-state index contributed by atoms with van der Waals surface area (Å²) in [6, 6.07) is 14.5. The van der Waals surface area contributed by atoms with E-state index in [0.717, 1.165) is 29.2 Å². The van der Waals surface area contributed by atoms with Crippen LogP contribution in [0.5, 0.6) is 0 Å². The van der Waals surface area contributed by atoms with Gasteiger partial charge < -0.3 is 10.2 Å². The maximum absolute atomic E-state index is 12.8. The number of pyridine rings is 1. The number of rotatable bonds is 5. The van der Waals surface area contributed by atoms with Gasteiger partial charge in [-0.2, -0.15) is 5.10 Å². The molecule has 1 aliphatic rings. The van der Waals surface area contributed by atoms with Gasteiger partial charge in [0.15, 0.2) is 5.82 Å². The van der Waals surface area contributed by atoms with E-state index in [2.05, 4.69) is 15.4 Å². The van der Waals surface area contributed by atoms with Crippen LogP contribution in [0.15, 0.2) is 54.7 Å². The van der Waals surface area contributed by atoms with Gasteiger partial charge in [-0.3, -0.25) is 9.59 Å². The number of hydrogen-bond donors (Lipinski definition) is 1. The maximum atomic E-state index is 12.8. The average Bonchev–Trinajstić information content (AvgIpc) is 3.39. The van der Waals surface area contributed by atoms with Crippen LogP contribution in [0.4, 0.5) is 0 Å². The second kappa shape index (κ2) is 8.49. The van der Waals surface area contributed by atoms with Crippen LogP contribution >= 0.6 is 0 Å². The molecule has 3 heterocycles. The molecule has 1 N–H and O–H groups in total. The standard InChI is InChI=1S/C23H25N5O2/c1-16-13-17(2)28(26-16)21-11-10-18(14-24-21)15-25-22(29)20-9-6-12-27(20)23(30)19-7-4-3-5-8-19/h3-5,7-8,10-11,13-14,20H,6,9,12,15H2,1-2H3,(H,25,29). The Morgan fingerprint density at radius 1 is 1.13 bits per heavy atom. The largest absolute Gasteiger partial charge is 0.350 e. The van der Waals surface area contributed by atoms with Gasteiger partial charge in [0.1, 0.15) is 6.04 Å². The minimum atomic E-state index is -0.431. The van der Waals surface area contributed by atoms with E-state index in [0.29, 0.717) is 25.1 Å². The highest BCUT2D eigenvalue weighted by molar-refractivity contribution is 5.97. The third kappa shape index (κ3) is 4.10. The minimum Gasteiger partial charge on any atom is -0.350 e. The minimum absolute atomic E-state index is 0.0934. The highest BCUT2D eigenvalue weighted by atomic mass is 16.2. The highest BCUT2D eigenvalue weighted by Crippen LogP contribution is 2.20. The summed E-state index contributed by atoms with van der Waals surface area (Å²) in [5.74, 6) is 0.523. The smallest absolute Gasteiger partial charge is 0.254 e. The lowest BCUT2D eigenvalue weighted by atomic mass is 10.1. The van der Waals surface area contributed by atoms with Crippen molar-refractivity contribution >= 4 is 11.8 Å². The first-order valence-corrected chi connectivity index (χ1v) is 10.2. The van der Waals surface area contributed by atoms with E-state index in [1.54, 1.807) is 27.9 Å². The normalized spacial score (nSPS) is 15.9. The molecule has 1 atom stereocenters. The van der Waals surface area contributed by atoms with Gasteiger partial charge >= 0.3 is 0 Å². The molecule has 30 heavy (non-hydrogen) atoms. The Bertz CT molecular complexity index is 1040. The van der Waals surface area contributed by atoms with Crippen LogP contribution in [0.2, 0.25) is 0 Å². The first-order chi connectivity index (χ1) is 14.5. The van der Waals surface area contributed by atoms with Crippen molar-refractivity contribution in [3.8, 4) is 5.82 Å². The van der Waals surface area contributed by atoms with E-state index in [9.17, 15) is 9.59 Å². The number of amides is 2. The number of nitrogens with one attached hydrogen (secondary N) is 1. The monoisotopic (exact) mass is 403 g/mol. The molecule has 1 aliphatic heterocycles. The van der Waals surface area contributed by atoms with Crippen molar-refractivity contribution in [2.45, 2.75) is 39.3 Å². The van der Waals surface area contributed by atoms with E-state index >= 15 is 0 Å². The number of aromatic nitrogens is 3. The first-order valence-electron chi connectivity index (χ1n) is 10.2. The topological polar surface area (TPSA) is 80.1 Å². The number of nitrogens with zero attached hydrogens (tertiary/aromatic N) is 4. The van der Waals surface area contributed by atoms with Crippen LogP contribution in [0.3, 0.4) is 0 Å². The fraction of sp³-hybridized carbons (Fsp3) is 0.304. The van der Waals surface area contributed by atoms with Crippen LogP contribution in [0.1, 0.15) is 40.2 Å². The molecule has 1 saturated heterocycles. The number of benzene rings is 1. The summed E-state index contributed by atoms with van der Waals surface area (Å²) >= 11 is 0. The number of likely N-dealkylation sites (tertiary alicyclic amines) is 1. The molecule has 2 amide bonds. The summed E-state index contributed by atoms with van der Waals surface area (Å²) in [7, 11) is 0. The van der Waals surface area contributed by atoms with Gasteiger partial charge in [-0.25, -0.2) is 9.67 Å². The maximum Gasteiger partial charge on any atom is 0.254 e. The second-order valence-corrected chi connectivity index (χ2v) is 7.60. The van der Waals surface area contributed by atoms with E-state index < -0.39 is 6.04 Å². The van der Waals surface area contributed by atoms with Gasteiger partial charge in [0.25, 0.3) is 5.91 Å². The Labute approximate surface area is 175 Å². The average molecular weight is 403 g/mol. The summed E-state index contributed by atoms with van der Waals surface area (Å²) in [6.45, 7) is 4.90. The SMILES string of the molecule is Cc1cc(C)n(-c2ccc(CNC(=O)C3CCCN3C(=O)c3ccccc3)cn2)n1. The molecule has 0 saturated carbocycles. The zero-order chi connectivity index (χ0) is 21.1. The van der Waals surface area contributed by atoms with E-state index in [4.69, 9.17) is 0 Å². The lowest BCUT2D eigenvalue weighted by molar-refractivity contribution is -0.125. The Kier molecular flexibility index (Phi) is 5.61. The third-order valence-electron chi connectivity index (χ3n) is 5.34. The summed E-state index contributed by atoms with van der Waals surface area (Å²) in [4.78, 5) is 31.7. The number of hydrogen-bond acceptors (Lipinski definition) is 4. The molecule has 7 heteroatoms. The van der Waals surface area contributed by atoms with Crippen molar-refractivity contribution in [1.82, 2.24) is 25.0 Å². The Hall–Kier alpha value is -3.48. The quantitative estimate of drug-likeness (QED) is 0.710. The van der Waals surface area contributed by atoms with Crippen molar-refractivity contribution in [3.05, 3.63) is 77.2 Å². The highest BCUT2D eigenvalue weighted by Gasteiger charge is 2.34. The lowest BCUT2D eigenvalue weighted by Crippen LogP contribution is -2.45. The summed E-state index contributed by atoms with van der Waals surface area (Å²) in [5, 5.41) is 7.39. The number of carbonyl (C=O) groups excluding carboxylic acids is 2. The van der Waals surface area contributed by atoms with Gasteiger partial charge in [-0.05, 0) is 56.5 Å². The molecule has 0 radical (unpaired) electrons. The van der Waals surface area contributed by atoms with Crippen molar-refractivity contribution in [3.63, 3.8) is 0 Å². The lowest BCUT2D eigenvalue weighted by Gasteiger charge is -2.24. The molecule has 7 nitrogen and oxygen atoms in total. The van der Waals surface area contributed by atoms with Gasteiger partial charge in [0.05, 0.1) is 5.69 Å². The molecular formula is C23H25N5O2. The van der Waals surface area contributed by atoms with Crippen LogP contribution in [-0.4, -0.2) is 44.1 Å². The molecule has 1 aromatic carbocycles. The molecule has 0 spiro atoms. The molecule has 4 rings (SSSR count). The number of carbonyl (C=O) groups is 2. The van der Waals surface area contributed by atoms with Crippen LogP contribution in [0, 0.1) is 13.8 Å². The fourth-order valence-electron chi connectivity index (χ4n) is 3.84. The third-order valence-corrected chi connectivity index (χ3v) is 5.34. The molecule has 1 fully saturated rings. The van der Waals surface area contributed by atoms with Crippen LogP contribution in [-0.2, 0) is 11.3 Å². The van der Waals surface area contributed by atoms with E-state index in [1.165, 1.54) is 0 Å². The van der Waals surface area contributed by atoms with Gasteiger partial charge in [-0.15, -0.1) is 0 Å². The molecule has 0 bridgehead atoms. The van der Waals surface area contributed by atoms with Crippen molar-refractivity contribution in [2.75, 3.05) is 6.54 Å². The summed E-state index contributed by atoms with van der Waals surface area (Å²) in [6.07, 6.45) is 3.25. The zero-order valence-electron chi connectivity index (χ0n) is 17.2. The Morgan fingerprint density at radius 2 is 1.93 bits per heavy atom. The van der Waals surface area contributed by atoms with Crippen molar-refractivity contribution < 1.29 is 9.59 Å². The molecular weight excluding hydrogens is 378 g/mol. The van der Waals surface area contributed by atoms with Gasteiger partial charge in [0, 0.05) is 30.5 Å². The van der Waals surface area contributed by atoms with E-state index in [-0.39, 0.29) is 11.8 Å². The predicted molar refractivity (Wildman–Crippen MR) is 113 cm³/mol. The molecule has 1 unspecified atom stereocenters. The second-order valence-electron chi connectivity index (χ2n) is 7.60. The molecule has 0 aliphatic carbocycles. The Morgan fingerprint density at radius 3 is 2.60 bits per heavy atom. The fourth-order valence-corrected chi connectivity index (χ4v) is 3.84. The van der Waals surface area contributed by atoms with Gasteiger partial charge in [0.2, 0.25) is 5.91 Å². The van der Waals surface area contributed by atoms with Crippen LogP contribution in [0.25, 0.3) is 5.82 Å². The molecule has 154 valence electrons. The van der Waals surface area contributed by atoms with E-state index in [1.807, 2.05) is 50.2 Å². The van der Waals surface area contributed by atoms with Gasteiger partial charge in [-0.1, -0.05) is 24.3 Å².